The first kappa shape index (κ1) is 13.4. The minimum absolute atomic E-state index is 0.230. The minimum Gasteiger partial charge on any atom is -0.286 e. The van der Waals surface area contributed by atoms with E-state index >= 15 is 0 Å². The highest BCUT2D eigenvalue weighted by molar-refractivity contribution is 7.87. The fourth-order valence-corrected chi connectivity index (χ4v) is 2.16. The van der Waals surface area contributed by atoms with Crippen molar-refractivity contribution in [3.05, 3.63) is 0 Å². The van der Waals surface area contributed by atoms with Crippen molar-refractivity contribution in [1.29, 1.82) is 0 Å². The lowest BCUT2D eigenvalue weighted by molar-refractivity contribution is 0.363. The molecular formula is C6H10O6S2. The second-order valence-electron chi connectivity index (χ2n) is 2.37. The van der Waals surface area contributed by atoms with Gasteiger partial charge in [-0.25, -0.2) is 0 Å². The first-order chi connectivity index (χ1) is 6.27. The minimum atomic E-state index is -4.13. The van der Waals surface area contributed by atoms with E-state index in [1.165, 1.54) is 0 Å². The Labute approximate surface area is 83.1 Å². The second kappa shape index (κ2) is 5.31. The van der Waals surface area contributed by atoms with E-state index in [2.05, 4.69) is 4.18 Å². The molecule has 0 saturated heterocycles. The molecule has 8 heteroatoms. The van der Waals surface area contributed by atoms with E-state index < -0.39 is 31.7 Å². The number of rotatable bonds is 6. The van der Waals surface area contributed by atoms with Crippen LogP contribution in [0, 0.1) is 12.3 Å². The summed E-state index contributed by atoms with van der Waals surface area (Å²) in [6, 6.07) is 0. The lowest BCUT2D eigenvalue weighted by atomic mass is 10.6. The third kappa shape index (κ3) is 8.00. The molecule has 0 rings (SSSR count). The van der Waals surface area contributed by atoms with Gasteiger partial charge in [0, 0.05) is 0 Å². The van der Waals surface area contributed by atoms with Crippen LogP contribution in [0.4, 0.5) is 0 Å². The van der Waals surface area contributed by atoms with Gasteiger partial charge in [-0.05, 0) is 6.42 Å². The van der Waals surface area contributed by atoms with Crippen LogP contribution in [-0.4, -0.2) is 39.5 Å². The maximum absolute atomic E-state index is 10.9. The molecule has 1 N–H and O–H groups in total. The van der Waals surface area contributed by atoms with E-state index in [9.17, 15) is 16.8 Å². The molecular weight excluding hydrogens is 232 g/mol. The number of terminal acetylenes is 1. The standard InChI is InChI=1S/C6H10O6S2/c1-2-4-12-14(10,11)6-3-5-13(7,8)9/h1H,3-6H2,(H,7,8,9). The van der Waals surface area contributed by atoms with Crippen LogP contribution in [0.5, 0.6) is 0 Å². The molecule has 0 spiro atoms. The van der Waals surface area contributed by atoms with Crippen LogP contribution < -0.4 is 0 Å². The van der Waals surface area contributed by atoms with Gasteiger partial charge >= 0.3 is 0 Å². The molecule has 0 amide bonds. The Kier molecular flexibility index (Phi) is 5.07. The molecule has 0 saturated carbocycles. The van der Waals surface area contributed by atoms with Crippen molar-refractivity contribution in [3.63, 3.8) is 0 Å². The summed E-state index contributed by atoms with van der Waals surface area (Å²) in [4.78, 5) is 0. The molecule has 82 valence electrons. The highest BCUT2D eigenvalue weighted by Crippen LogP contribution is 1.98. The Bertz CT molecular complexity index is 398. The topological polar surface area (TPSA) is 97.7 Å². The van der Waals surface area contributed by atoms with Crippen LogP contribution in [0.2, 0.25) is 0 Å². The zero-order valence-corrected chi connectivity index (χ0v) is 8.84. The molecule has 0 bridgehead atoms. The Morgan fingerprint density at radius 2 is 1.79 bits per heavy atom. The first-order valence-electron chi connectivity index (χ1n) is 3.52. The molecule has 0 aromatic heterocycles. The lowest BCUT2D eigenvalue weighted by Crippen LogP contribution is -2.14. The van der Waals surface area contributed by atoms with Crippen LogP contribution in [0.1, 0.15) is 6.42 Å². The Hall–Kier alpha value is -0.620. The van der Waals surface area contributed by atoms with Crippen LogP contribution in [0.3, 0.4) is 0 Å². The third-order valence-corrected chi connectivity index (χ3v) is 3.19. The number of hydrogen-bond acceptors (Lipinski definition) is 5. The maximum Gasteiger partial charge on any atom is 0.268 e. The fourth-order valence-electron chi connectivity index (χ4n) is 0.601. The lowest BCUT2D eigenvalue weighted by Gasteiger charge is -2.01. The van der Waals surface area contributed by atoms with Crippen molar-refractivity contribution < 1.29 is 25.6 Å². The van der Waals surface area contributed by atoms with Crippen LogP contribution in [0.15, 0.2) is 0 Å². The van der Waals surface area contributed by atoms with Crippen LogP contribution >= 0.6 is 0 Å². The summed E-state index contributed by atoms with van der Waals surface area (Å²) < 4.78 is 54.7. The van der Waals surface area contributed by atoms with E-state index in [1.54, 1.807) is 0 Å². The molecule has 0 atom stereocenters. The van der Waals surface area contributed by atoms with Gasteiger partial charge in [-0.2, -0.15) is 16.8 Å². The average molecular weight is 242 g/mol. The molecule has 0 aromatic carbocycles. The summed E-state index contributed by atoms with van der Waals surface area (Å²) in [5.41, 5.74) is 0. The van der Waals surface area contributed by atoms with Crippen molar-refractivity contribution in [2.75, 3.05) is 18.1 Å². The summed E-state index contributed by atoms with van der Waals surface area (Å²) in [5.74, 6) is 0.850. The van der Waals surface area contributed by atoms with Gasteiger partial charge in [0.05, 0.1) is 11.5 Å². The fraction of sp³-hybridized carbons (Fsp3) is 0.667. The van der Waals surface area contributed by atoms with Crippen molar-refractivity contribution >= 4 is 20.2 Å². The number of hydrogen-bond donors (Lipinski definition) is 1. The van der Waals surface area contributed by atoms with Gasteiger partial charge in [-0.15, -0.1) is 6.42 Å². The Morgan fingerprint density at radius 3 is 2.21 bits per heavy atom. The highest BCUT2D eigenvalue weighted by Gasteiger charge is 2.13. The largest absolute Gasteiger partial charge is 0.286 e. The maximum atomic E-state index is 10.9. The predicted molar refractivity (Wildman–Crippen MR) is 49.6 cm³/mol. The van der Waals surface area contributed by atoms with E-state index in [4.69, 9.17) is 11.0 Å². The monoisotopic (exact) mass is 242 g/mol. The first-order valence-corrected chi connectivity index (χ1v) is 6.71. The van der Waals surface area contributed by atoms with Gasteiger partial charge in [-0.3, -0.25) is 8.74 Å². The van der Waals surface area contributed by atoms with E-state index in [0.717, 1.165) is 0 Å². The Balaban J connectivity index is 3.97. The molecule has 0 aliphatic carbocycles. The molecule has 14 heavy (non-hydrogen) atoms. The van der Waals surface area contributed by atoms with Gasteiger partial charge < -0.3 is 0 Å². The normalized spacial score (nSPS) is 12.3. The zero-order chi connectivity index (χ0) is 11.2. The van der Waals surface area contributed by atoms with Crippen molar-refractivity contribution in [3.8, 4) is 12.3 Å². The predicted octanol–water partition coefficient (Wildman–Crippen LogP) is -0.756. The molecule has 0 radical (unpaired) electrons. The summed E-state index contributed by atoms with van der Waals surface area (Å²) in [7, 11) is -7.91. The molecule has 0 heterocycles. The third-order valence-electron chi connectivity index (χ3n) is 1.12. The second-order valence-corrected chi connectivity index (χ2v) is 5.70. The van der Waals surface area contributed by atoms with E-state index in [-0.39, 0.29) is 13.0 Å². The van der Waals surface area contributed by atoms with Crippen LogP contribution in [-0.2, 0) is 24.4 Å². The van der Waals surface area contributed by atoms with Gasteiger partial charge in [0.15, 0.2) is 0 Å². The molecule has 0 fully saturated rings. The molecule has 0 aromatic rings. The average Bonchev–Trinajstić information content (AvgIpc) is 1.98. The summed E-state index contributed by atoms with van der Waals surface area (Å²) in [6.45, 7) is -0.381. The van der Waals surface area contributed by atoms with Crippen LogP contribution in [0.25, 0.3) is 0 Å². The van der Waals surface area contributed by atoms with Gasteiger partial charge in [-0.1, -0.05) is 5.92 Å². The van der Waals surface area contributed by atoms with Gasteiger partial charge in [0.25, 0.3) is 20.2 Å². The van der Waals surface area contributed by atoms with Crippen molar-refractivity contribution in [2.24, 2.45) is 0 Å². The molecule has 6 nitrogen and oxygen atoms in total. The van der Waals surface area contributed by atoms with Gasteiger partial charge in [0.2, 0.25) is 0 Å². The highest BCUT2D eigenvalue weighted by atomic mass is 32.2. The summed E-state index contributed by atoms with van der Waals surface area (Å²) >= 11 is 0. The SMILES string of the molecule is C#CCOS(=O)(=O)CCCS(=O)(=O)O. The van der Waals surface area contributed by atoms with E-state index in [0.29, 0.717) is 0 Å². The Morgan fingerprint density at radius 1 is 1.21 bits per heavy atom. The zero-order valence-electron chi connectivity index (χ0n) is 7.21. The molecule has 0 aliphatic rings. The van der Waals surface area contributed by atoms with E-state index in [1.807, 2.05) is 5.92 Å². The van der Waals surface area contributed by atoms with Crippen molar-refractivity contribution in [1.82, 2.24) is 0 Å². The quantitative estimate of drug-likeness (QED) is 0.373. The molecule has 0 aliphatic heterocycles. The summed E-state index contributed by atoms with van der Waals surface area (Å²) in [5, 5.41) is 0. The van der Waals surface area contributed by atoms with Crippen molar-refractivity contribution in [2.45, 2.75) is 6.42 Å². The summed E-state index contributed by atoms with van der Waals surface area (Å²) in [6.07, 6.45) is 4.53. The smallest absolute Gasteiger partial charge is 0.268 e. The van der Waals surface area contributed by atoms with Gasteiger partial charge in [0.1, 0.15) is 6.61 Å². The molecule has 0 unspecified atom stereocenters.